The second-order valence-corrected chi connectivity index (χ2v) is 5.89. The second-order valence-electron chi connectivity index (χ2n) is 5.48. The summed E-state index contributed by atoms with van der Waals surface area (Å²) in [7, 11) is 0. The van der Waals surface area contributed by atoms with Crippen LogP contribution in [0.1, 0.15) is 0 Å². The molecule has 0 spiro atoms. The number of para-hydroxylation sites is 1. The maximum atomic E-state index is 13.2. The quantitative estimate of drug-likeness (QED) is 0.465. The van der Waals surface area contributed by atoms with Crippen molar-refractivity contribution >= 4 is 22.6 Å². The first-order chi connectivity index (χ1) is 11.8. The van der Waals surface area contributed by atoms with Crippen molar-refractivity contribution < 1.29 is 4.42 Å². The van der Waals surface area contributed by atoms with Crippen molar-refractivity contribution in [1.82, 2.24) is 0 Å². The molecule has 0 saturated carbocycles. The van der Waals surface area contributed by atoms with Crippen LogP contribution in [0.15, 0.2) is 88.1 Å². The van der Waals surface area contributed by atoms with Gasteiger partial charge in [0.25, 0.3) is 0 Å². The Labute approximate surface area is 143 Å². The van der Waals surface area contributed by atoms with Crippen LogP contribution in [0.5, 0.6) is 0 Å². The van der Waals surface area contributed by atoms with Gasteiger partial charge in [-0.2, -0.15) is 0 Å². The molecule has 0 N–H and O–H groups in total. The van der Waals surface area contributed by atoms with Crippen molar-refractivity contribution in [3.05, 3.63) is 94.1 Å². The first kappa shape index (κ1) is 14.7. The number of benzene rings is 3. The van der Waals surface area contributed by atoms with Crippen molar-refractivity contribution in [2.75, 3.05) is 0 Å². The molecule has 1 aromatic heterocycles. The van der Waals surface area contributed by atoms with Crippen molar-refractivity contribution in [2.45, 2.75) is 0 Å². The zero-order valence-corrected chi connectivity index (χ0v) is 13.5. The summed E-state index contributed by atoms with van der Waals surface area (Å²) in [5, 5.41) is 0.919. The normalized spacial score (nSPS) is 10.9. The summed E-state index contributed by atoms with van der Waals surface area (Å²) in [5.74, 6) is 0.535. The van der Waals surface area contributed by atoms with Crippen LogP contribution in [0.25, 0.3) is 33.4 Å². The molecule has 0 aliphatic rings. The van der Waals surface area contributed by atoms with Crippen LogP contribution in [0, 0.1) is 0 Å². The minimum Gasteiger partial charge on any atom is -0.454 e. The Morgan fingerprint density at radius 1 is 0.708 bits per heavy atom. The van der Waals surface area contributed by atoms with E-state index in [1.807, 2.05) is 60.7 Å². The molecule has 0 amide bonds. The molecule has 0 fully saturated rings. The van der Waals surface area contributed by atoms with Crippen molar-refractivity contribution in [3.8, 4) is 22.5 Å². The van der Waals surface area contributed by atoms with E-state index in [4.69, 9.17) is 16.0 Å². The average molecular weight is 333 g/mol. The van der Waals surface area contributed by atoms with Gasteiger partial charge in [0.2, 0.25) is 5.43 Å². The molecule has 0 aliphatic heterocycles. The van der Waals surface area contributed by atoms with E-state index in [2.05, 4.69) is 0 Å². The molecule has 24 heavy (non-hydrogen) atoms. The molecule has 116 valence electrons. The molecule has 0 aliphatic carbocycles. The molecule has 0 bridgehead atoms. The van der Waals surface area contributed by atoms with E-state index in [0.29, 0.717) is 27.3 Å². The molecule has 1 heterocycles. The van der Waals surface area contributed by atoms with E-state index < -0.39 is 0 Å². The van der Waals surface area contributed by atoms with E-state index in [0.717, 1.165) is 11.1 Å². The summed E-state index contributed by atoms with van der Waals surface area (Å²) >= 11 is 6.25. The highest BCUT2D eigenvalue weighted by Gasteiger charge is 2.18. The van der Waals surface area contributed by atoms with Gasteiger partial charge >= 0.3 is 0 Å². The van der Waals surface area contributed by atoms with Crippen molar-refractivity contribution in [1.29, 1.82) is 0 Å². The van der Waals surface area contributed by atoms with Crippen LogP contribution in [0.4, 0.5) is 0 Å². The highest BCUT2D eigenvalue weighted by atomic mass is 35.5. The van der Waals surface area contributed by atoms with Gasteiger partial charge < -0.3 is 4.42 Å². The van der Waals surface area contributed by atoms with Crippen LogP contribution in [0.2, 0.25) is 5.02 Å². The fraction of sp³-hybridized carbons (Fsp3) is 0. The van der Waals surface area contributed by atoms with Gasteiger partial charge in [0.1, 0.15) is 5.76 Å². The Morgan fingerprint density at radius 3 is 2.00 bits per heavy atom. The van der Waals surface area contributed by atoms with Gasteiger partial charge in [-0.25, -0.2) is 0 Å². The number of halogens is 1. The lowest BCUT2D eigenvalue weighted by atomic mass is 9.98. The zero-order valence-electron chi connectivity index (χ0n) is 12.7. The Hall–Kier alpha value is -2.84. The monoisotopic (exact) mass is 332 g/mol. The standard InChI is InChI=1S/C21H13ClO2/c22-17-13-7-12-16-19(23)18(14-8-3-1-4-9-14)20(24-21(16)17)15-10-5-2-6-11-15/h1-13H. The van der Waals surface area contributed by atoms with Gasteiger partial charge in [0, 0.05) is 5.56 Å². The van der Waals surface area contributed by atoms with Crippen LogP contribution >= 0.6 is 11.6 Å². The summed E-state index contributed by atoms with van der Waals surface area (Å²) in [5.41, 5.74) is 2.56. The minimum absolute atomic E-state index is 0.0798. The molecule has 0 unspecified atom stereocenters. The third-order valence-electron chi connectivity index (χ3n) is 3.97. The summed E-state index contributed by atoms with van der Waals surface area (Å²) < 4.78 is 6.11. The van der Waals surface area contributed by atoms with Gasteiger partial charge in [-0.1, -0.05) is 78.3 Å². The van der Waals surface area contributed by atoms with E-state index in [-0.39, 0.29) is 5.43 Å². The van der Waals surface area contributed by atoms with Crippen LogP contribution < -0.4 is 5.43 Å². The van der Waals surface area contributed by atoms with Crippen LogP contribution in [-0.4, -0.2) is 0 Å². The molecule has 0 saturated heterocycles. The predicted octanol–water partition coefficient (Wildman–Crippen LogP) is 5.78. The molecule has 3 heteroatoms. The van der Waals surface area contributed by atoms with Gasteiger partial charge in [-0.3, -0.25) is 4.79 Å². The lowest BCUT2D eigenvalue weighted by Gasteiger charge is -2.11. The number of fused-ring (bicyclic) bond motifs is 1. The highest BCUT2D eigenvalue weighted by Crippen LogP contribution is 2.34. The molecular formula is C21H13ClO2. The fourth-order valence-electron chi connectivity index (χ4n) is 2.84. The smallest absolute Gasteiger partial charge is 0.201 e. The van der Waals surface area contributed by atoms with E-state index in [1.54, 1.807) is 18.2 Å². The molecule has 0 radical (unpaired) electrons. The SMILES string of the molecule is O=c1c(-c2ccccc2)c(-c2ccccc2)oc2c(Cl)cccc12. The van der Waals surface area contributed by atoms with Gasteiger partial charge in [-0.05, 0) is 17.7 Å². The average Bonchev–Trinajstić information content (AvgIpc) is 2.64. The number of rotatable bonds is 2. The van der Waals surface area contributed by atoms with Gasteiger partial charge in [-0.15, -0.1) is 0 Å². The number of hydrogen-bond donors (Lipinski definition) is 0. The molecule has 2 nitrogen and oxygen atoms in total. The van der Waals surface area contributed by atoms with Gasteiger partial charge in [0.15, 0.2) is 5.58 Å². The molecule has 0 atom stereocenters. The molecule has 4 aromatic rings. The zero-order chi connectivity index (χ0) is 16.5. The van der Waals surface area contributed by atoms with E-state index in [1.165, 1.54) is 0 Å². The lowest BCUT2D eigenvalue weighted by molar-refractivity contribution is 0.621. The van der Waals surface area contributed by atoms with Gasteiger partial charge in [0.05, 0.1) is 16.0 Å². The second kappa shape index (κ2) is 5.99. The Morgan fingerprint density at radius 2 is 1.33 bits per heavy atom. The van der Waals surface area contributed by atoms with Crippen molar-refractivity contribution in [3.63, 3.8) is 0 Å². The third-order valence-corrected chi connectivity index (χ3v) is 4.27. The molecular weight excluding hydrogens is 320 g/mol. The maximum Gasteiger partial charge on any atom is 0.201 e. The molecule has 3 aromatic carbocycles. The minimum atomic E-state index is -0.0798. The number of hydrogen-bond acceptors (Lipinski definition) is 2. The summed E-state index contributed by atoms with van der Waals surface area (Å²) in [4.78, 5) is 13.2. The Bertz CT molecular complexity index is 1070. The molecule has 4 rings (SSSR count). The fourth-order valence-corrected chi connectivity index (χ4v) is 3.06. The summed E-state index contributed by atoms with van der Waals surface area (Å²) in [6.45, 7) is 0. The predicted molar refractivity (Wildman–Crippen MR) is 98.4 cm³/mol. The highest BCUT2D eigenvalue weighted by molar-refractivity contribution is 6.34. The van der Waals surface area contributed by atoms with Crippen LogP contribution in [-0.2, 0) is 0 Å². The maximum absolute atomic E-state index is 13.2. The van der Waals surface area contributed by atoms with E-state index in [9.17, 15) is 4.79 Å². The largest absolute Gasteiger partial charge is 0.454 e. The van der Waals surface area contributed by atoms with Crippen molar-refractivity contribution in [2.24, 2.45) is 0 Å². The Kier molecular flexibility index (Phi) is 3.68. The van der Waals surface area contributed by atoms with Crippen LogP contribution in [0.3, 0.4) is 0 Å². The summed E-state index contributed by atoms with van der Waals surface area (Å²) in [6.07, 6.45) is 0. The van der Waals surface area contributed by atoms with E-state index >= 15 is 0 Å². The summed E-state index contributed by atoms with van der Waals surface area (Å²) in [6, 6.07) is 24.4. The first-order valence-electron chi connectivity index (χ1n) is 7.62. The topological polar surface area (TPSA) is 30.2 Å². The first-order valence-corrected chi connectivity index (χ1v) is 7.99. The lowest BCUT2D eigenvalue weighted by Crippen LogP contribution is -2.07. The Balaban J connectivity index is 2.16. The third kappa shape index (κ3) is 2.41.